The van der Waals surface area contributed by atoms with Gasteiger partial charge < -0.3 is 16.4 Å². The van der Waals surface area contributed by atoms with Crippen LogP contribution in [0.25, 0.3) is 10.4 Å². The second kappa shape index (κ2) is 7.37. The first-order chi connectivity index (χ1) is 11.6. The van der Waals surface area contributed by atoms with Gasteiger partial charge in [-0.2, -0.15) is 0 Å². The smallest absolute Gasteiger partial charge is 0.317 e. The lowest BCUT2D eigenvalue weighted by Gasteiger charge is -2.23. The standard InChI is InChI=1S/C15H18N6O2S/c16-15(23)21-14-11(13(22)20-10-2-1-3-17-7-10)4-12(24-14)9-5-18-8-19-6-9/h4-6,8,10,17H,1-3,7H2,(H,20,22)(H3,16,21,23)/t10-/m0/s1. The first kappa shape index (κ1) is 16.3. The lowest BCUT2D eigenvalue weighted by molar-refractivity contribution is 0.0932. The number of hydrogen-bond donors (Lipinski definition) is 4. The maximum atomic E-state index is 12.6. The molecule has 2 aromatic heterocycles. The quantitative estimate of drug-likeness (QED) is 0.662. The van der Waals surface area contributed by atoms with Gasteiger partial charge in [-0.15, -0.1) is 11.3 Å². The SMILES string of the molecule is NC(=O)Nc1sc(-c2cncnc2)cc1C(=O)N[C@H]1CCCNC1. The van der Waals surface area contributed by atoms with Crippen LogP contribution >= 0.6 is 11.3 Å². The number of carbonyl (C=O) groups is 2. The minimum absolute atomic E-state index is 0.0797. The van der Waals surface area contributed by atoms with Crippen molar-refractivity contribution in [1.29, 1.82) is 0 Å². The molecule has 0 aromatic carbocycles. The van der Waals surface area contributed by atoms with E-state index < -0.39 is 6.03 Å². The van der Waals surface area contributed by atoms with E-state index in [2.05, 4.69) is 25.9 Å². The Bertz CT molecular complexity index is 727. The lowest BCUT2D eigenvalue weighted by Crippen LogP contribution is -2.45. The van der Waals surface area contributed by atoms with Crippen molar-refractivity contribution in [3.05, 3.63) is 30.4 Å². The van der Waals surface area contributed by atoms with Crippen LogP contribution in [-0.2, 0) is 0 Å². The average Bonchev–Trinajstić information content (AvgIpc) is 3.00. The van der Waals surface area contributed by atoms with E-state index in [0.717, 1.165) is 36.4 Å². The number of thiophene rings is 1. The Kier molecular flexibility index (Phi) is 5.02. The van der Waals surface area contributed by atoms with Crippen molar-refractivity contribution in [2.45, 2.75) is 18.9 Å². The molecule has 9 heteroatoms. The van der Waals surface area contributed by atoms with Crippen molar-refractivity contribution < 1.29 is 9.59 Å². The largest absolute Gasteiger partial charge is 0.351 e. The summed E-state index contributed by atoms with van der Waals surface area (Å²) >= 11 is 1.26. The number of primary amides is 1. The van der Waals surface area contributed by atoms with E-state index in [-0.39, 0.29) is 11.9 Å². The van der Waals surface area contributed by atoms with Crippen LogP contribution in [0.1, 0.15) is 23.2 Å². The highest BCUT2D eigenvalue weighted by molar-refractivity contribution is 7.20. The van der Waals surface area contributed by atoms with E-state index in [0.29, 0.717) is 10.6 Å². The topological polar surface area (TPSA) is 122 Å². The molecule has 0 saturated carbocycles. The van der Waals surface area contributed by atoms with Crippen LogP contribution in [0, 0.1) is 0 Å². The summed E-state index contributed by atoms with van der Waals surface area (Å²) < 4.78 is 0. The summed E-state index contributed by atoms with van der Waals surface area (Å²) in [5.74, 6) is -0.230. The average molecular weight is 346 g/mol. The number of urea groups is 1. The molecule has 1 saturated heterocycles. The number of amides is 3. The molecule has 1 aliphatic heterocycles. The zero-order valence-electron chi connectivity index (χ0n) is 12.9. The number of piperidine rings is 1. The molecular weight excluding hydrogens is 328 g/mol. The Balaban J connectivity index is 1.85. The monoisotopic (exact) mass is 346 g/mol. The van der Waals surface area contributed by atoms with Gasteiger partial charge in [0.25, 0.3) is 5.91 Å². The third-order valence-corrected chi connectivity index (χ3v) is 4.79. The molecule has 1 atom stereocenters. The number of rotatable bonds is 4. The molecule has 0 radical (unpaired) electrons. The summed E-state index contributed by atoms with van der Waals surface area (Å²) in [7, 11) is 0. The number of nitrogens with two attached hydrogens (primary N) is 1. The molecule has 1 fully saturated rings. The van der Waals surface area contributed by atoms with Crippen molar-refractivity contribution in [2.75, 3.05) is 18.4 Å². The molecule has 0 bridgehead atoms. The van der Waals surface area contributed by atoms with Gasteiger partial charge in [0.05, 0.1) is 5.56 Å². The van der Waals surface area contributed by atoms with Gasteiger partial charge in [0.15, 0.2) is 0 Å². The highest BCUT2D eigenvalue weighted by Crippen LogP contribution is 2.35. The van der Waals surface area contributed by atoms with E-state index in [1.54, 1.807) is 18.5 Å². The molecule has 8 nitrogen and oxygen atoms in total. The van der Waals surface area contributed by atoms with Crippen molar-refractivity contribution in [3.63, 3.8) is 0 Å². The molecule has 3 rings (SSSR count). The third kappa shape index (κ3) is 3.87. The molecule has 5 N–H and O–H groups in total. The Morgan fingerprint density at radius 1 is 1.33 bits per heavy atom. The van der Waals surface area contributed by atoms with Crippen LogP contribution in [0.4, 0.5) is 9.80 Å². The van der Waals surface area contributed by atoms with Crippen molar-refractivity contribution in [1.82, 2.24) is 20.6 Å². The summed E-state index contributed by atoms with van der Waals surface area (Å²) in [6, 6.07) is 1.09. The molecule has 0 aliphatic carbocycles. The van der Waals surface area contributed by atoms with Crippen molar-refractivity contribution >= 4 is 28.3 Å². The minimum atomic E-state index is -0.707. The first-order valence-corrected chi connectivity index (χ1v) is 8.42. The highest BCUT2D eigenvalue weighted by Gasteiger charge is 2.22. The normalized spacial score (nSPS) is 17.2. The molecular formula is C15H18N6O2S. The zero-order chi connectivity index (χ0) is 16.9. The molecule has 3 heterocycles. The van der Waals surface area contributed by atoms with E-state index in [1.807, 2.05) is 0 Å². The summed E-state index contributed by atoms with van der Waals surface area (Å²) in [4.78, 5) is 32.6. The number of aromatic nitrogens is 2. The minimum Gasteiger partial charge on any atom is -0.351 e. The molecule has 2 aromatic rings. The van der Waals surface area contributed by atoms with Gasteiger partial charge in [-0.3, -0.25) is 10.1 Å². The van der Waals surface area contributed by atoms with Gasteiger partial charge in [-0.1, -0.05) is 0 Å². The second-order valence-electron chi connectivity index (χ2n) is 5.49. The zero-order valence-corrected chi connectivity index (χ0v) is 13.7. The van der Waals surface area contributed by atoms with Crippen LogP contribution in [0.5, 0.6) is 0 Å². The number of nitrogens with one attached hydrogen (secondary N) is 3. The fourth-order valence-corrected chi connectivity index (χ4v) is 3.60. The highest BCUT2D eigenvalue weighted by atomic mass is 32.1. The second-order valence-corrected chi connectivity index (χ2v) is 6.54. The molecule has 1 aliphatic rings. The van der Waals surface area contributed by atoms with Crippen LogP contribution < -0.4 is 21.7 Å². The molecule has 126 valence electrons. The van der Waals surface area contributed by atoms with Crippen LogP contribution in [0.2, 0.25) is 0 Å². The summed E-state index contributed by atoms with van der Waals surface area (Å²) in [5.41, 5.74) is 6.38. The van der Waals surface area contributed by atoms with Gasteiger partial charge >= 0.3 is 6.03 Å². The summed E-state index contributed by atoms with van der Waals surface area (Å²) in [6.45, 7) is 1.71. The van der Waals surface area contributed by atoms with Gasteiger partial charge in [0.1, 0.15) is 11.3 Å². The number of hydrogen-bond acceptors (Lipinski definition) is 6. The van der Waals surface area contributed by atoms with Crippen LogP contribution in [0.15, 0.2) is 24.8 Å². The van der Waals surface area contributed by atoms with Crippen LogP contribution in [0.3, 0.4) is 0 Å². The van der Waals surface area contributed by atoms with Gasteiger partial charge in [0, 0.05) is 35.4 Å². The van der Waals surface area contributed by atoms with Crippen molar-refractivity contribution in [2.24, 2.45) is 5.73 Å². The van der Waals surface area contributed by atoms with Gasteiger partial charge in [0.2, 0.25) is 0 Å². The predicted molar refractivity (Wildman–Crippen MR) is 91.9 cm³/mol. The molecule has 3 amide bonds. The summed E-state index contributed by atoms with van der Waals surface area (Å²) in [6.07, 6.45) is 6.69. The predicted octanol–water partition coefficient (Wildman–Crippen LogP) is 1.18. The van der Waals surface area contributed by atoms with Crippen LogP contribution in [-0.4, -0.2) is 41.0 Å². The molecule has 24 heavy (non-hydrogen) atoms. The van der Waals surface area contributed by atoms with Gasteiger partial charge in [-0.25, -0.2) is 14.8 Å². The Hall–Kier alpha value is -2.52. The molecule has 0 spiro atoms. The van der Waals surface area contributed by atoms with E-state index >= 15 is 0 Å². The van der Waals surface area contributed by atoms with E-state index in [1.165, 1.54) is 17.7 Å². The third-order valence-electron chi connectivity index (χ3n) is 3.69. The number of nitrogens with zero attached hydrogens (tertiary/aromatic N) is 2. The number of anilines is 1. The lowest BCUT2D eigenvalue weighted by atomic mass is 10.1. The molecule has 0 unspecified atom stereocenters. The Labute approximate surface area is 142 Å². The summed E-state index contributed by atoms with van der Waals surface area (Å²) in [5, 5.41) is 9.19. The van der Waals surface area contributed by atoms with Gasteiger partial charge in [-0.05, 0) is 25.5 Å². The van der Waals surface area contributed by atoms with E-state index in [4.69, 9.17) is 5.73 Å². The maximum absolute atomic E-state index is 12.6. The maximum Gasteiger partial charge on any atom is 0.317 e. The fourth-order valence-electron chi connectivity index (χ4n) is 2.57. The van der Waals surface area contributed by atoms with E-state index in [9.17, 15) is 9.59 Å². The Morgan fingerprint density at radius 2 is 2.12 bits per heavy atom. The van der Waals surface area contributed by atoms with Crippen molar-refractivity contribution in [3.8, 4) is 10.4 Å². The fraction of sp³-hybridized carbons (Fsp3) is 0.333. The Morgan fingerprint density at radius 3 is 2.79 bits per heavy atom. The number of carbonyl (C=O) groups excluding carboxylic acids is 2. The first-order valence-electron chi connectivity index (χ1n) is 7.60.